The van der Waals surface area contributed by atoms with Crippen molar-refractivity contribution in [3.8, 4) is 0 Å². The Morgan fingerprint density at radius 1 is 1.06 bits per heavy atom. The third-order valence-corrected chi connectivity index (χ3v) is 9.05. The molecule has 0 amide bonds. The minimum atomic E-state index is -3.09. The zero-order valence-corrected chi connectivity index (χ0v) is 20.3. The van der Waals surface area contributed by atoms with Crippen LogP contribution in [0.5, 0.6) is 0 Å². The Bertz CT molecular complexity index is 893. The lowest BCUT2D eigenvalue weighted by Crippen LogP contribution is -2.46. The summed E-state index contributed by atoms with van der Waals surface area (Å²) in [5.41, 5.74) is 0.280. The summed E-state index contributed by atoms with van der Waals surface area (Å²) in [4.78, 5) is 14.4. The predicted octanol–water partition coefficient (Wildman–Crippen LogP) is 4.32. The Balaban J connectivity index is 1.60. The summed E-state index contributed by atoms with van der Waals surface area (Å²) in [7, 11) is -3.09. The molecule has 0 radical (unpaired) electrons. The number of carbonyl (C=O) groups excluding carboxylic acids is 1. The molecule has 0 spiro atoms. The number of ether oxygens (including phenoxy) is 1. The third-order valence-electron chi connectivity index (χ3n) is 6.68. The topological polar surface area (TPSA) is 63.7 Å². The van der Waals surface area contributed by atoms with Crippen LogP contribution in [0.4, 0.5) is 14.5 Å². The van der Waals surface area contributed by atoms with Gasteiger partial charge < -0.3 is 9.64 Å². The minimum Gasteiger partial charge on any atom is -0.372 e. The standard InChI is InChI=1S/C24H35F2NO4S/c1-15(2)32(29,30)14-18-5-7-20(8-6-18)23(28)11-19-9-21(25)24(22(26)10-19)27-12-16(3)31-17(4)13-27/h9-10,15-18,20H,5-8,11-14H2,1-4H3/t16-,17+,18?,20?. The molecule has 0 aromatic heterocycles. The first kappa shape index (κ1) is 25.1. The van der Waals surface area contributed by atoms with E-state index < -0.39 is 26.7 Å². The summed E-state index contributed by atoms with van der Waals surface area (Å²) in [6.07, 6.45) is 2.39. The van der Waals surface area contributed by atoms with Crippen molar-refractivity contribution in [3.63, 3.8) is 0 Å². The summed E-state index contributed by atoms with van der Waals surface area (Å²) in [6, 6.07) is 2.53. The molecule has 32 heavy (non-hydrogen) atoms. The van der Waals surface area contributed by atoms with Crippen molar-refractivity contribution in [2.45, 2.75) is 77.3 Å². The Morgan fingerprint density at radius 3 is 2.09 bits per heavy atom. The second kappa shape index (κ2) is 10.2. The van der Waals surface area contributed by atoms with Crippen LogP contribution in [0.15, 0.2) is 12.1 Å². The van der Waals surface area contributed by atoms with Gasteiger partial charge in [0.25, 0.3) is 0 Å². The van der Waals surface area contributed by atoms with E-state index in [0.717, 1.165) is 0 Å². The van der Waals surface area contributed by atoms with Crippen molar-refractivity contribution in [1.29, 1.82) is 0 Å². The van der Waals surface area contributed by atoms with Gasteiger partial charge in [0.15, 0.2) is 9.84 Å². The van der Waals surface area contributed by atoms with Gasteiger partial charge in [0, 0.05) is 25.4 Å². The molecule has 1 saturated carbocycles. The number of ketones is 1. The quantitative estimate of drug-likeness (QED) is 0.593. The highest BCUT2D eigenvalue weighted by molar-refractivity contribution is 7.91. The van der Waals surface area contributed by atoms with Gasteiger partial charge in [0.1, 0.15) is 23.1 Å². The number of sulfone groups is 1. The smallest absolute Gasteiger partial charge is 0.152 e. The Kier molecular flexibility index (Phi) is 7.97. The van der Waals surface area contributed by atoms with E-state index in [2.05, 4.69) is 0 Å². The van der Waals surface area contributed by atoms with Crippen LogP contribution in [0.3, 0.4) is 0 Å². The van der Waals surface area contributed by atoms with Gasteiger partial charge in [0.05, 0.1) is 23.2 Å². The highest BCUT2D eigenvalue weighted by Gasteiger charge is 2.31. The Morgan fingerprint density at radius 2 is 1.59 bits per heavy atom. The van der Waals surface area contributed by atoms with Gasteiger partial charge in [-0.15, -0.1) is 0 Å². The van der Waals surface area contributed by atoms with Gasteiger partial charge >= 0.3 is 0 Å². The fraction of sp³-hybridized carbons (Fsp3) is 0.708. The first-order chi connectivity index (χ1) is 15.0. The van der Waals surface area contributed by atoms with E-state index in [1.165, 1.54) is 12.1 Å². The van der Waals surface area contributed by atoms with Crippen LogP contribution in [0.25, 0.3) is 0 Å². The number of hydrogen-bond acceptors (Lipinski definition) is 5. The summed E-state index contributed by atoms with van der Waals surface area (Å²) in [6.45, 7) is 7.94. The normalized spacial score (nSPS) is 27.0. The SMILES string of the molecule is CC(C)S(=O)(=O)CC1CCC(C(=O)Cc2cc(F)c(N3C[C@@H](C)O[C@@H](C)C3)c(F)c2)CC1. The molecule has 1 saturated heterocycles. The van der Waals surface area contributed by atoms with Gasteiger partial charge in [0.2, 0.25) is 0 Å². The van der Waals surface area contributed by atoms with Gasteiger partial charge in [-0.05, 0) is 77.0 Å². The molecule has 8 heteroatoms. The van der Waals surface area contributed by atoms with Gasteiger partial charge in [-0.2, -0.15) is 0 Å². The van der Waals surface area contributed by atoms with Crippen LogP contribution in [-0.4, -0.2) is 50.5 Å². The molecule has 3 rings (SSSR count). The summed E-state index contributed by atoms with van der Waals surface area (Å²) >= 11 is 0. The number of morpholine rings is 1. The first-order valence-corrected chi connectivity index (χ1v) is 13.3. The van der Waals surface area contributed by atoms with Gasteiger partial charge in [-0.25, -0.2) is 17.2 Å². The zero-order valence-electron chi connectivity index (χ0n) is 19.4. The first-order valence-electron chi connectivity index (χ1n) is 11.6. The molecule has 2 atom stereocenters. The molecule has 2 fully saturated rings. The molecule has 2 aliphatic rings. The van der Waals surface area contributed by atoms with E-state index >= 15 is 0 Å². The maximum Gasteiger partial charge on any atom is 0.152 e. The van der Waals surface area contributed by atoms with E-state index in [9.17, 15) is 22.0 Å². The molecule has 0 N–H and O–H groups in total. The maximum absolute atomic E-state index is 14.8. The molecule has 1 aliphatic carbocycles. The summed E-state index contributed by atoms with van der Waals surface area (Å²) in [5, 5.41) is -0.390. The second-order valence-electron chi connectivity index (χ2n) is 9.81. The predicted molar refractivity (Wildman–Crippen MR) is 122 cm³/mol. The number of anilines is 1. The van der Waals surface area contributed by atoms with E-state index in [4.69, 9.17) is 4.74 Å². The molecule has 180 valence electrons. The number of rotatable bonds is 7. The van der Waals surface area contributed by atoms with E-state index in [-0.39, 0.29) is 47.7 Å². The van der Waals surface area contributed by atoms with E-state index in [1.807, 2.05) is 13.8 Å². The summed E-state index contributed by atoms with van der Waals surface area (Å²) < 4.78 is 59.6. The number of hydrogen-bond donors (Lipinski definition) is 0. The molecule has 0 bridgehead atoms. The molecular weight excluding hydrogens is 436 g/mol. The van der Waals surface area contributed by atoms with Crippen molar-refractivity contribution >= 4 is 21.3 Å². The number of nitrogens with zero attached hydrogens (tertiary/aromatic N) is 1. The fourth-order valence-electron chi connectivity index (χ4n) is 4.90. The van der Waals surface area contributed by atoms with Gasteiger partial charge in [-0.3, -0.25) is 4.79 Å². The highest BCUT2D eigenvalue weighted by atomic mass is 32.2. The number of carbonyl (C=O) groups is 1. The minimum absolute atomic E-state index is 0.0103. The number of halogens is 2. The molecule has 1 aromatic rings. The number of Topliss-reactive ketones (excluding diaryl/α,β-unsaturated/α-hetero) is 1. The molecule has 1 heterocycles. The molecular formula is C24H35F2NO4S. The van der Waals surface area contributed by atoms with Crippen LogP contribution in [0.2, 0.25) is 0 Å². The summed E-state index contributed by atoms with van der Waals surface area (Å²) in [5.74, 6) is -1.27. The van der Waals surface area contributed by atoms with Crippen LogP contribution >= 0.6 is 0 Å². The van der Waals surface area contributed by atoms with Crippen LogP contribution in [0, 0.1) is 23.5 Å². The zero-order chi connectivity index (χ0) is 23.6. The average molecular weight is 472 g/mol. The fourth-order valence-corrected chi connectivity index (χ4v) is 6.28. The maximum atomic E-state index is 14.8. The lowest BCUT2D eigenvalue weighted by Gasteiger charge is -2.37. The van der Waals surface area contributed by atoms with Crippen molar-refractivity contribution < 1.29 is 26.7 Å². The van der Waals surface area contributed by atoms with Crippen LogP contribution in [0.1, 0.15) is 58.9 Å². The Hall–Kier alpha value is -1.54. The second-order valence-corrected chi connectivity index (χ2v) is 12.4. The van der Waals surface area contributed by atoms with Crippen LogP contribution < -0.4 is 4.90 Å². The van der Waals surface area contributed by atoms with Crippen molar-refractivity contribution in [3.05, 3.63) is 29.3 Å². The lowest BCUT2D eigenvalue weighted by atomic mass is 9.79. The lowest BCUT2D eigenvalue weighted by molar-refractivity contribution is -0.123. The molecule has 0 unspecified atom stereocenters. The van der Waals surface area contributed by atoms with Crippen LogP contribution in [-0.2, 0) is 25.8 Å². The average Bonchev–Trinajstić information content (AvgIpc) is 2.66. The van der Waals surface area contributed by atoms with Crippen molar-refractivity contribution in [2.75, 3.05) is 23.7 Å². The molecule has 1 aromatic carbocycles. The van der Waals surface area contributed by atoms with Gasteiger partial charge in [-0.1, -0.05) is 0 Å². The third kappa shape index (κ3) is 6.07. The Labute approximate surface area is 190 Å². The highest BCUT2D eigenvalue weighted by Crippen LogP contribution is 2.33. The molecule has 5 nitrogen and oxygen atoms in total. The largest absolute Gasteiger partial charge is 0.372 e. The van der Waals surface area contributed by atoms with Crippen molar-refractivity contribution in [1.82, 2.24) is 0 Å². The number of benzene rings is 1. The van der Waals surface area contributed by atoms with Crippen molar-refractivity contribution in [2.24, 2.45) is 11.8 Å². The molecule has 1 aliphatic heterocycles. The monoisotopic (exact) mass is 471 g/mol. The van der Waals surface area contributed by atoms with E-state index in [1.54, 1.807) is 18.7 Å². The van der Waals surface area contributed by atoms with E-state index in [0.29, 0.717) is 44.3 Å².